The topological polar surface area (TPSA) is 68.3 Å². The second kappa shape index (κ2) is 6.30. The van der Waals surface area contributed by atoms with Crippen LogP contribution in [0, 0.1) is 13.8 Å². The number of benzene rings is 1. The maximum Gasteiger partial charge on any atom is 0.257 e. The molecule has 6 heteroatoms. The van der Waals surface area contributed by atoms with Crippen LogP contribution in [0.15, 0.2) is 45.3 Å². The maximum absolute atomic E-state index is 12.2. The second-order valence-electron chi connectivity index (χ2n) is 5.15. The van der Waals surface area contributed by atoms with Gasteiger partial charge in [0.2, 0.25) is 0 Å². The number of amides is 1. The van der Waals surface area contributed by atoms with Gasteiger partial charge in [-0.3, -0.25) is 4.79 Å². The number of hydrogen-bond donors (Lipinski definition) is 1. The molecule has 118 valence electrons. The predicted octanol–water partition coefficient (Wildman–Crippen LogP) is 4.13. The zero-order valence-corrected chi connectivity index (χ0v) is 13.5. The molecule has 0 aliphatic rings. The van der Waals surface area contributed by atoms with Crippen LogP contribution in [0.1, 0.15) is 27.6 Å². The molecule has 0 radical (unpaired) electrons. The molecule has 0 spiro atoms. The van der Waals surface area contributed by atoms with Crippen LogP contribution in [0.4, 0.5) is 0 Å². The standard InChI is InChI=1S/C17H15ClN2O3/c1-10-16(11(2)23-20-10)17(21)19-9-14-7-8-15(22-14)12-3-5-13(18)6-4-12/h3-8H,9H2,1-2H3,(H,19,21). The summed E-state index contributed by atoms with van der Waals surface area (Å²) in [5.74, 6) is 1.66. The van der Waals surface area contributed by atoms with Gasteiger partial charge in [0.25, 0.3) is 5.91 Å². The number of halogens is 1. The normalized spacial score (nSPS) is 10.7. The van der Waals surface area contributed by atoms with Gasteiger partial charge in [0.15, 0.2) is 0 Å². The van der Waals surface area contributed by atoms with Crippen LogP contribution in [-0.2, 0) is 6.54 Å². The number of rotatable bonds is 4. The lowest BCUT2D eigenvalue weighted by Gasteiger charge is -2.02. The molecule has 1 N–H and O–H groups in total. The van der Waals surface area contributed by atoms with Crippen molar-refractivity contribution < 1.29 is 13.7 Å². The summed E-state index contributed by atoms with van der Waals surface area (Å²) in [6.07, 6.45) is 0. The quantitative estimate of drug-likeness (QED) is 0.780. The molecule has 2 heterocycles. The summed E-state index contributed by atoms with van der Waals surface area (Å²) in [5.41, 5.74) is 1.97. The van der Waals surface area contributed by atoms with E-state index in [2.05, 4.69) is 10.5 Å². The highest BCUT2D eigenvalue weighted by Crippen LogP contribution is 2.23. The highest BCUT2D eigenvalue weighted by molar-refractivity contribution is 6.30. The second-order valence-corrected chi connectivity index (χ2v) is 5.59. The molecular weight excluding hydrogens is 316 g/mol. The lowest BCUT2D eigenvalue weighted by Crippen LogP contribution is -2.23. The third kappa shape index (κ3) is 3.29. The van der Waals surface area contributed by atoms with Gasteiger partial charge in [0.05, 0.1) is 12.2 Å². The molecule has 5 nitrogen and oxygen atoms in total. The first-order valence-corrected chi connectivity index (χ1v) is 7.48. The highest BCUT2D eigenvalue weighted by Gasteiger charge is 2.17. The minimum absolute atomic E-state index is 0.231. The molecule has 1 aromatic carbocycles. The van der Waals surface area contributed by atoms with Gasteiger partial charge in [0, 0.05) is 10.6 Å². The zero-order chi connectivity index (χ0) is 16.4. The SMILES string of the molecule is Cc1noc(C)c1C(=O)NCc1ccc(-c2ccc(Cl)cc2)o1. The molecular formula is C17H15ClN2O3. The monoisotopic (exact) mass is 330 g/mol. The van der Waals surface area contributed by atoms with Crippen molar-refractivity contribution in [2.45, 2.75) is 20.4 Å². The van der Waals surface area contributed by atoms with Crippen LogP contribution in [0.2, 0.25) is 5.02 Å². The minimum atomic E-state index is -0.231. The Bertz CT molecular complexity index is 814. The van der Waals surface area contributed by atoms with Gasteiger partial charge in [-0.1, -0.05) is 16.8 Å². The largest absolute Gasteiger partial charge is 0.459 e. The lowest BCUT2D eigenvalue weighted by molar-refractivity contribution is 0.0946. The van der Waals surface area contributed by atoms with E-state index in [-0.39, 0.29) is 12.5 Å². The molecule has 0 fully saturated rings. The third-order valence-corrected chi connectivity index (χ3v) is 3.73. The van der Waals surface area contributed by atoms with Crippen LogP contribution in [-0.4, -0.2) is 11.1 Å². The van der Waals surface area contributed by atoms with E-state index in [9.17, 15) is 4.79 Å². The molecule has 0 saturated carbocycles. The summed E-state index contributed by atoms with van der Waals surface area (Å²) in [7, 11) is 0. The first-order chi connectivity index (χ1) is 11.0. The fourth-order valence-electron chi connectivity index (χ4n) is 2.31. The van der Waals surface area contributed by atoms with Crippen molar-refractivity contribution in [2.24, 2.45) is 0 Å². The Balaban J connectivity index is 1.68. The molecule has 3 aromatic rings. The van der Waals surface area contributed by atoms with Gasteiger partial charge < -0.3 is 14.3 Å². The molecule has 0 aliphatic heterocycles. The molecule has 0 atom stereocenters. The van der Waals surface area contributed by atoms with Crippen molar-refractivity contribution in [3.63, 3.8) is 0 Å². The summed E-state index contributed by atoms with van der Waals surface area (Å²) >= 11 is 5.87. The van der Waals surface area contributed by atoms with E-state index >= 15 is 0 Å². The van der Waals surface area contributed by atoms with Crippen LogP contribution < -0.4 is 5.32 Å². The van der Waals surface area contributed by atoms with E-state index in [0.717, 1.165) is 11.3 Å². The number of nitrogens with zero attached hydrogens (tertiary/aromatic N) is 1. The molecule has 3 rings (SSSR count). The summed E-state index contributed by atoms with van der Waals surface area (Å²) < 4.78 is 10.7. The van der Waals surface area contributed by atoms with Crippen molar-refractivity contribution in [2.75, 3.05) is 0 Å². The predicted molar refractivity (Wildman–Crippen MR) is 86.3 cm³/mol. The summed E-state index contributed by atoms with van der Waals surface area (Å²) in [5, 5.41) is 7.25. The number of hydrogen-bond acceptors (Lipinski definition) is 4. The molecule has 0 aliphatic carbocycles. The van der Waals surface area contributed by atoms with E-state index < -0.39 is 0 Å². The highest BCUT2D eigenvalue weighted by atomic mass is 35.5. The number of carbonyl (C=O) groups is 1. The van der Waals surface area contributed by atoms with E-state index in [1.807, 2.05) is 24.3 Å². The van der Waals surface area contributed by atoms with Crippen LogP contribution in [0.25, 0.3) is 11.3 Å². The fourth-order valence-corrected chi connectivity index (χ4v) is 2.43. The zero-order valence-electron chi connectivity index (χ0n) is 12.7. The number of aromatic nitrogens is 1. The van der Waals surface area contributed by atoms with E-state index in [1.54, 1.807) is 26.0 Å². The molecule has 1 amide bonds. The summed E-state index contributed by atoms with van der Waals surface area (Å²) in [6.45, 7) is 3.73. The summed E-state index contributed by atoms with van der Waals surface area (Å²) in [4.78, 5) is 12.2. The van der Waals surface area contributed by atoms with Crippen molar-refractivity contribution in [3.05, 3.63) is 64.2 Å². The van der Waals surface area contributed by atoms with E-state index in [0.29, 0.717) is 27.8 Å². The van der Waals surface area contributed by atoms with Crippen LogP contribution in [0.3, 0.4) is 0 Å². The average molecular weight is 331 g/mol. The number of furan rings is 1. The first-order valence-electron chi connectivity index (χ1n) is 7.10. The Hall–Kier alpha value is -2.53. The van der Waals surface area contributed by atoms with Gasteiger partial charge in [0.1, 0.15) is 22.8 Å². The fraction of sp³-hybridized carbons (Fsp3) is 0.176. The van der Waals surface area contributed by atoms with Gasteiger partial charge in [-0.25, -0.2) is 0 Å². The number of nitrogens with one attached hydrogen (secondary N) is 1. The van der Waals surface area contributed by atoms with E-state index in [4.69, 9.17) is 20.5 Å². The minimum Gasteiger partial charge on any atom is -0.459 e. The molecule has 23 heavy (non-hydrogen) atoms. The summed E-state index contributed by atoms with van der Waals surface area (Å²) in [6, 6.07) is 11.1. The van der Waals surface area contributed by atoms with Crippen molar-refractivity contribution in [1.82, 2.24) is 10.5 Å². The Kier molecular flexibility index (Phi) is 4.21. The van der Waals surface area contributed by atoms with Crippen LogP contribution >= 0.6 is 11.6 Å². The average Bonchev–Trinajstić information content (AvgIpc) is 3.13. The van der Waals surface area contributed by atoms with Gasteiger partial charge in [-0.15, -0.1) is 0 Å². The molecule has 2 aromatic heterocycles. The van der Waals surface area contributed by atoms with Gasteiger partial charge in [-0.05, 0) is 50.2 Å². The third-order valence-electron chi connectivity index (χ3n) is 3.47. The Morgan fingerprint density at radius 1 is 1.17 bits per heavy atom. The molecule has 0 unspecified atom stereocenters. The van der Waals surface area contributed by atoms with Crippen LogP contribution in [0.5, 0.6) is 0 Å². The Labute approximate surface area is 138 Å². The van der Waals surface area contributed by atoms with Gasteiger partial charge >= 0.3 is 0 Å². The number of aryl methyl sites for hydroxylation is 2. The lowest BCUT2D eigenvalue weighted by atomic mass is 10.2. The Morgan fingerprint density at radius 2 is 1.91 bits per heavy atom. The smallest absolute Gasteiger partial charge is 0.257 e. The maximum atomic E-state index is 12.2. The Morgan fingerprint density at radius 3 is 2.57 bits per heavy atom. The number of carbonyl (C=O) groups excluding carboxylic acids is 1. The van der Waals surface area contributed by atoms with Crippen molar-refractivity contribution in [3.8, 4) is 11.3 Å². The molecule has 0 saturated heterocycles. The molecule has 0 bridgehead atoms. The first kappa shape index (κ1) is 15.4. The van der Waals surface area contributed by atoms with Crippen molar-refractivity contribution >= 4 is 17.5 Å². The van der Waals surface area contributed by atoms with Gasteiger partial charge in [-0.2, -0.15) is 0 Å². The van der Waals surface area contributed by atoms with Crippen molar-refractivity contribution in [1.29, 1.82) is 0 Å². The van der Waals surface area contributed by atoms with E-state index in [1.165, 1.54) is 0 Å².